The molecule has 3 aromatic rings. The van der Waals surface area contributed by atoms with Crippen LogP contribution in [0.25, 0.3) is 5.69 Å². The highest BCUT2D eigenvalue weighted by Gasteiger charge is 2.22. The average molecular weight is 431 g/mol. The van der Waals surface area contributed by atoms with Crippen LogP contribution in [0.15, 0.2) is 48.5 Å². The molecule has 0 fully saturated rings. The molecule has 0 spiro atoms. The van der Waals surface area contributed by atoms with Crippen molar-refractivity contribution in [3.63, 3.8) is 0 Å². The van der Waals surface area contributed by atoms with Gasteiger partial charge in [-0.2, -0.15) is 5.10 Å². The third-order valence-corrected chi connectivity index (χ3v) is 5.06. The van der Waals surface area contributed by atoms with Gasteiger partial charge in [0, 0.05) is 22.1 Å². The predicted molar refractivity (Wildman–Crippen MR) is 104 cm³/mol. The SMILES string of the molecule is COc1ccc(Cc2nn(-c3ccc(I)cc3)c3c2CCN3)cc1. The summed E-state index contributed by atoms with van der Waals surface area (Å²) >= 11 is 2.32. The zero-order valence-corrected chi connectivity index (χ0v) is 15.6. The van der Waals surface area contributed by atoms with E-state index in [4.69, 9.17) is 9.84 Å². The lowest BCUT2D eigenvalue weighted by molar-refractivity contribution is 0.414. The van der Waals surface area contributed by atoms with Gasteiger partial charge in [-0.05, 0) is 71.0 Å². The molecular weight excluding hydrogens is 413 g/mol. The maximum absolute atomic E-state index is 5.23. The second-order valence-corrected chi connectivity index (χ2v) is 7.11. The lowest BCUT2D eigenvalue weighted by atomic mass is 10.1. The van der Waals surface area contributed by atoms with E-state index >= 15 is 0 Å². The molecule has 2 aromatic carbocycles. The highest BCUT2D eigenvalue weighted by molar-refractivity contribution is 14.1. The predicted octanol–water partition coefficient (Wildman–Crippen LogP) is 4.04. The molecule has 0 bridgehead atoms. The number of fused-ring (bicyclic) bond motifs is 1. The molecule has 0 amide bonds. The van der Waals surface area contributed by atoms with Crippen LogP contribution in [-0.4, -0.2) is 23.4 Å². The average Bonchev–Trinajstić information content (AvgIpc) is 3.20. The highest BCUT2D eigenvalue weighted by atomic mass is 127. The molecule has 0 aliphatic carbocycles. The minimum Gasteiger partial charge on any atom is -0.497 e. The topological polar surface area (TPSA) is 39.1 Å². The number of nitrogens with zero attached hydrogens (tertiary/aromatic N) is 2. The second kappa shape index (κ2) is 6.47. The lowest BCUT2D eigenvalue weighted by Crippen LogP contribution is -2.05. The summed E-state index contributed by atoms with van der Waals surface area (Å²) in [6, 6.07) is 16.7. The summed E-state index contributed by atoms with van der Waals surface area (Å²) in [5.74, 6) is 2.02. The van der Waals surface area contributed by atoms with Gasteiger partial charge in [0.05, 0.1) is 18.5 Å². The van der Waals surface area contributed by atoms with Gasteiger partial charge in [0.2, 0.25) is 0 Å². The summed E-state index contributed by atoms with van der Waals surface area (Å²) in [6.07, 6.45) is 1.87. The Labute approximate surface area is 155 Å². The molecule has 2 heterocycles. The summed E-state index contributed by atoms with van der Waals surface area (Å²) in [4.78, 5) is 0. The van der Waals surface area contributed by atoms with Crippen molar-refractivity contribution >= 4 is 28.4 Å². The zero-order valence-electron chi connectivity index (χ0n) is 13.4. The molecule has 4 rings (SSSR count). The van der Waals surface area contributed by atoms with Crippen molar-refractivity contribution in [2.24, 2.45) is 0 Å². The van der Waals surface area contributed by atoms with E-state index in [-0.39, 0.29) is 0 Å². The fourth-order valence-electron chi connectivity index (χ4n) is 3.09. The molecule has 1 aliphatic heterocycles. The van der Waals surface area contributed by atoms with E-state index in [9.17, 15) is 0 Å². The molecule has 5 heteroatoms. The van der Waals surface area contributed by atoms with Crippen molar-refractivity contribution in [2.45, 2.75) is 12.8 Å². The van der Waals surface area contributed by atoms with E-state index in [0.29, 0.717) is 0 Å². The molecule has 1 N–H and O–H groups in total. The number of halogens is 1. The molecule has 0 atom stereocenters. The number of nitrogens with one attached hydrogen (secondary N) is 1. The molecule has 4 nitrogen and oxygen atoms in total. The Balaban J connectivity index is 1.68. The molecule has 1 aromatic heterocycles. The highest BCUT2D eigenvalue weighted by Crippen LogP contribution is 2.30. The van der Waals surface area contributed by atoms with Gasteiger partial charge in [-0.15, -0.1) is 0 Å². The van der Waals surface area contributed by atoms with Crippen LogP contribution < -0.4 is 10.1 Å². The van der Waals surface area contributed by atoms with Crippen LogP contribution in [0.1, 0.15) is 16.8 Å². The quantitative estimate of drug-likeness (QED) is 0.634. The molecule has 0 saturated carbocycles. The van der Waals surface area contributed by atoms with Gasteiger partial charge in [-0.25, -0.2) is 4.68 Å². The Morgan fingerprint density at radius 3 is 2.58 bits per heavy atom. The number of ether oxygens (including phenoxy) is 1. The third kappa shape index (κ3) is 2.88. The minimum absolute atomic E-state index is 0.839. The van der Waals surface area contributed by atoms with E-state index in [2.05, 4.69) is 64.3 Å². The maximum Gasteiger partial charge on any atom is 0.133 e. The number of benzene rings is 2. The van der Waals surface area contributed by atoms with Crippen molar-refractivity contribution in [3.05, 3.63) is 68.9 Å². The smallest absolute Gasteiger partial charge is 0.133 e. The van der Waals surface area contributed by atoms with Crippen molar-refractivity contribution in [1.82, 2.24) is 9.78 Å². The Morgan fingerprint density at radius 2 is 1.88 bits per heavy atom. The summed E-state index contributed by atoms with van der Waals surface area (Å²) in [6.45, 7) is 0.979. The van der Waals surface area contributed by atoms with Crippen molar-refractivity contribution < 1.29 is 4.74 Å². The summed E-state index contributed by atoms with van der Waals surface area (Å²) in [5.41, 5.74) is 4.84. The van der Waals surface area contributed by atoms with Gasteiger partial charge in [-0.1, -0.05) is 12.1 Å². The Kier molecular flexibility index (Phi) is 4.18. The molecule has 0 unspecified atom stereocenters. The summed E-state index contributed by atoms with van der Waals surface area (Å²) < 4.78 is 8.50. The Hall–Kier alpha value is -2.02. The van der Waals surface area contributed by atoms with Gasteiger partial charge in [0.15, 0.2) is 0 Å². The largest absolute Gasteiger partial charge is 0.497 e. The third-order valence-electron chi connectivity index (χ3n) is 4.34. The van der Waals surface area contributed by atoms with Crippen molar-refractivity contribution in [1.29, 1.82) is 0 Å². The molecular formula is C19H18IN3O. The second-order valence-electron chi connectivity index (χ2n) is 5.86. The van der Waals surface area contributed by atoms with Crippen LogP contribution in [-0.2, 0) is 12.8 Å². The van der Waals surface area contributed by atoms with Gasteiger partial charge in [0.25, 0.3) is 0 Å². The van der Waals surface area contributed by atoms with E-state index in [1.54, 1.807) is 7.11 Å². The van der Waals surface area contributed by atoms with E-state index in [1.165, 1.54) is 14.7 Å². The Morgan fingerprint density at radius 1 is 1.12 bits per heavy atom. The maximum atomic E-state index is 5.23. The van der Waals surface area contributed by atoms with Crippen LogP contribution in [0.5, 0.6) is 5.75 Å². The summed E-state index contributed by atoms with van der Waals surface area (Å²) in [7, 11) is 1.69. The first-order valence-electron chi connectivity index (χ1n) is 7.98. The lowest BCUT2D eigenvalue weighted by Gasteiger charge is -2.06. The van der Waals surface area contributed by atoms with Crippen LogP contribution in [0.3, 0.4) is 0 Å². The van der Waals surface area contributed by atoms with Gasteiger partial charge >= 0.3 is 0 Å². The zero-order chi connectivity index (χ0) is 16.5. The summed E-state index contributed by atoms with van der Waals surface area (Å²) in [5, 5.41) is 8.37. The number of methoxy groups -OCH3 is 1. The first kappa shape index (κ1) is 15.5. The van der Waals surface area contributed by atoms with Crippen LogP contribution in [0.2, 0.25) is 0 Å². The fraction of sp³-hybridized carbons (Fsp3) is 0.211. The number of rotatable bonds is 4. The monoisotopic (exact) mass is 431 g/mol. The molecule has 1 aliphatic rings. The van der Waals surface area contributed by atoms with E-state index in [0.717, 1.165) is 42.3 Å². The van der Waals surface area contributed by atoms with Crippen molar-refractivity contribution in [3.8, 4) is 11.4 Å². The van der Waals surface area contributed by atoms with Gasteiger partial charge < -0.3 is 10.1 Å². The first-order chi connectivity index (χ1) is 11.7. The first-order valence-corrected chi connectivity index (χ1v) is 9.06. The number of hydrogen-bond donors (Lipinski definition) is 1. The van der Waals surface area contributed by atoms with Crippen LogP contribution in [0, 0.1) is 3.57 Å². The van der Waals surface area contributed by atoms with Crippen LogP contribution in [0.4, 0.5) is 5.82 Å². The molecule has 0 radical (unpaired) electrons. The number of anilines is 1. The standard InChI is InChI=1S/C19H18IN3O/c1-24-16-8-2-13(3-9-16)12-18-17-10-11-21-19(17)23(22-18)15-6-4-14(20)5-7-15/h2-9,21H,10-12H2,1H3. The molecule has 24 heavy (non-hydrogen) atoms. The molecule has 0 saturated heterocycles. The van der Waals surface area contributed by atoms with Crippen LogP contribution >= 0.6 is 22.6 Å². The van der Waals surface area contributed by atoms with Gasteiger partial charge in [-0.3, -0.25) is 0 Å². The van der Waals surface area contributed by atoms with Crippen molar-refractivity contribution in [2.75, 3.05) is 19.0 Å². The Bertz CT molecular complexity index is 854. The van der Waals surface area contributed by atoms with E-state index in [1.807, 2.05) is 16.8 Å². The normalized spacial score (nSPS) is 12.8. The van der Waals surface area contributed by atoms with Gasteiger partial charge in [0.1, 0.15) is 11.6 Å². The number of aromatic nitrogens is 2. The molecule has 122 valence electrons. The number of hydrogen-bond acceptors (Lipinski definition) is 3. The fourth-order valence-corrected chi connectivity index (χ4v) is 3.45. The van der Waals surface area contributed by atoms with E-state index < -0.39 is 0 Å². The minimum atomic E-state index is 0.839.